The summed E-state index contributed by atoms with van der Waals surface area (Å²) in [5, 5.41) is 9.85. The summed E-state index contributed by atoms with van der Waals surface area (Å²) in [6.45, 7) is 15.3. The second kappa shape index (κ2) is 13.4. The topological polar surface area (TPSA) is 82.0 Å². The fraction of sp³-hybridized carbons (Fsp3) is 0.553. The van der Waals surface area contributed by atoms with Crippen LogP contribution in [0.2, 0.25) is 0 Å². The minimum atomic E-state index is -0.806. The van der Waals surface area contributed by atoms with Crippen LogP contribution in [0.1, 0.15) is 84.6 Å². The quantitative estimate of drug-likeness (QED) is 0.264. The molecule has 0 bridgehead atoms. The molecule has 1 unspecified atom stereocenters. The molecular weight excluding hydrogens is 593 g/mol. The van der Waals surface area contributed by atoms with Crippen LogP contribution in [0.5, 0.6) is 11.5 Å². The van der Waals surface area contributed by atoms with Crippen molar-refractivity contribution in [2.75, 3.05) is 37.6 Å². The van der Waals surface area contributed by atoms with Gasteiger partial charge in [0.1, 0.15) is 17.9 Å². The summed E-state index contributed by atoms with van der Waals surface area (Å²) in [5.74, 6) is 2.53. The van der Waals surface area contributed by atoms with Crippen LogP contribution in [-0.2, 0) is 0 Å². The predicted molar refractivity (Wildman–Crippen MR) is 184 cm³/mol. The average molecular weight is 644 g/mol. The molecule has 0 radical (unpaired) electrons. The van der Waals surface area contributed by atoms with E-state index in [9.17, 15) is 14.3 Å². The van der Waals surface area contributed by atoms with Crippen molar-refractivity contribution >= 4 is 11.9 Å². The SMILES string of the molecule is CC(C)c1ccccc1-c1cc(F)ccc1Oc1cncnc1N1CCC2(CCN(CC3CCC(N(C(=O)O)C(C)(C)C)CC3)C2)C1. The molecule has 2 saturated heterocycles. The lowest BCUT2D eigenvalue weighted by molar-refractivity contribution is 0.0473. The Labute approximate surface area is 279 Å². The molecule has 8 nitrogen and oxygen atoms in total. The second-order valence-electron chi connectivity index (χ2n) is 15.3. The van der Waals surface area contributed by atoms with Crippen molar-refractivity contribution in [2.45, 2.75) is 90.6 Å². The van der Waals surface area contributed by atoms with E-state index in [1.807, 2.05) is 39.0 Å². The number of likely N-dealkylation sites (tertiary alicyclic amines) is 1. The van der Waals surface area contributed by atoms with Crippen LogP contribution in [0.4, 0.5) is 15.0 Å². The third-order valence-corrected chi connectivity index (χ3v) is 10.6. The lowest BCUT2D eigenvalue weighted by Gasteiger charge is -2.43. The number of hydrogen-bond acceptors (Lipinski definition) is 6. The first-order valence-corrected chi connectivity index (χ1v) is 17.3. The number of rotatable bonds is 8. The van der Waals surface area contributed by atoms with E-state index < -0.39 is 6.09 Å². The molecule has 1 aromatic heterocycles. The van der Waals surface area contributed by atoms with E-state index in [1.54, 1.807) is 29.6 Å². The van der Waals surface area contributed by atoms with Crippen LogP contribution < -0.4 is 9.64 Å². The summed E-state index contributed by atoms with van der Waals surface area (Å²) >= 11 is 0. The van der Waals surface area contributed by atoms with Crippen LogP contribution >= 0.6 is 0 Å². The molecule has 3 aromatic rings. The Morgan fingerprint density at radius 2 is 1.79 bits per heavy atom. The molecule has 1 spiro atoms. The number of aromatic nitrogens is 2. The molecule has 2 aliphatic heterocycles. The fourth-order valence-corrected chi connectivity index (χ4v) is 8.36. The molecule has 6 rings (SSSR count). The summed E-state index contributed by atoms with van der Waals surface area (Å²) in [4.78, 5) is 27.6. The van der Waals surface area contributed by atoms with Gasteiger partial charge < -0.3 is 24.5 Å². The van der Waals surface area contributed by atoms with E-state index in [0.717, 1.165) is 93.8 Å². The third kappa shape index (κ3) is 7.25. The average Bonchev–Trinajstić information content (AvgIpc) is 3.63. The maximum absolute atomic E-state index is 14.6. The summed E-state index contributed by atoms with van der Waals surface area (Å²) in [7, 11) is 0. The zero-order valence-corrected chi connectivity index (χ0v) is 28.6. The molecule has 252 valence electrons. The van der Waals surface area contributed by atoms with Crippen molar-refractivity contribution in [2.24, 2.45) is 11.3 Å². The summed E-state index contributed by atoms with van der Waals surface area (Å²) in [6, 6.07) is 12.9. The first-order valence-electron chi connectivity index (χ1n) is 17.3. The van der Waals surface area contributed by atoms with Gasteiger partial charge in [-0.15, -0.1) is 0 Å². The van der Waals surface area contributed by atoms with Gasteiger partial charge in [0.25, 0.3) is 0 Å². The maximum atomic E-state index is 14.6. The van der Waals surface area contributed by atoms with Crippen molar-refractivity contribution in [1.29, 1.82) is 0 Å². The molecule has 3 aliphatic rings. The van der Waals surface area contributed by atoms with E-state index in [-0.39, 0.29) is 28.7 Å². The third-order valence-electron chi connectivity index (χ3n) is 10.6. The second-order valence-corrected chi connectivity index (χ2v) is 15.3. The van der Waals surface area contributed by atoms with Crippen LogP contribution in [0.3, 0.4) is 0 Å². The molecule has 1 saturated carbocycles. The number of ether oxygens (including phenoxy) is 1. The van der Waals surface area contributed by atoms with Crippen LogP contribution in [0, 0.1) is 17.2 Å². The molecule has 47 heavy (non-hydrogen) atoms. The van der Waals surface area contributed by atoms with Crippen LogP contribution in [0.15, 0.2) is 55.0 Å². The van der Waals surface area contributed by atoms with Crippen molar-refractivity contribution in [3.8, 4) is 22.6 Å². The van der Waals surface area contributed by atoms with E-state index in [1.165, 1.54) is 6.07 Å². The molecular formula is C38H50FN5O3. The highest BCUT2D eigenvalue weighted by Gasteiger charge is 2.45. The zero-order chi connectivity index (χ0) is 33.3. The largest absolute Gasteiger partial charge is 0.465 e. The molecule has 3 fully saturated rings. The van der Waals surface area contributed by atoms with E-state index >= 15 is 0 Å². The van der Waals surface area contributed by atoms with Gasteiger partial charge in [0.15, 0.2) is 11.6 Å². The van der Waals surface area contributed by atoms with Gasteiger partial charge >= 0.3 is 6.09 Å². The standard InChI is InChI=1S/C38H50FN5O3/c1-26(2)30-8-6-7-9-31(30)32-20-28(39)12-15-33(32)47-34-21-40-25-41-35(34)43-19-17-38(24-43)16-18-42(23-38)22-27-10-13-29(14-11-27)44(36(45)46)37(3,4)5/h6-9,12,15,20-21,25-27,29H,10-11,13-14,16-19,22-24H2,1-5H3,(H,45,46). The number of hydrogen-bond donors (Lipinski definition) is 1. The predicted octanol–water partition coefficient (Wildman–Crippen LogP) is 8.44. The molecule has 3 heterocycles. The molecule has 1 N–H and O–H groups in total. The number of halogens is 1. The summed E-state index contributed by atoms with van der Waals surface area (Å²) < 4.78 is 21.1. The number of carbonyl (C=O) groups is 1. The number of anilines is 1. The lowest BCUT2D eigenvalue weighted by Crippen LogP contribution is -2.52. The number of nitrogens with zero attached hydrogens (tertiary/aromatic N) is 5. The maximum Gasteiger partial charge on any atom is 0.407 e. The van der Waals surface area contributed by atoms with E-state index in [0.29, 0.717) is 17.4 Å². The lowest BCUT2D eigenvalue weighted by atomic mass is 9.83. The smallest absolute Gasteiger partial charge is 0.407 e. The van der Waals surface area contributed by atoms with Gasteiger partial charge in [0.2, 0.25) is 0 Å². The van der Waals surface area contributed by atoms with Gasteiger partial charge in [0, 0.05) is 48.7 Å². The van der Waals surface area contributed by atoms with E-state index in [4.69, 9.17) is 9.72 Å². The van der Waals surface area contributed by atoms with E-state index in [2.05, 4.69) is 34.7 Å². The van der Waals surface area contributed by atoms with Crippen LogP contribution in [0.25, 0.3) is 11.1 Å². The Balaban J connectivity index is 1.11. The van der Waals surface area contributed by atoms with Gasteiger partial charge in [-0.3, -0.25) is 0 Å². The molecule has 2 aromatic carbocycles. The normalized spacial score (nSPS) is 23.5. The zero-order valence-electron chi connectivity index (χ0n) is 28.6. The Morgan fingerprint density at radius 3 is 2.51 bits per heavy atom. The number of amides is 1. The van der Waals surface area contributed by atoms with Crippen molar-refractivity contribution in [3.63, 3.8) is 0 Å². The summed E-state index contributed by atoms with van der Waals surface area (Å²) in [5.41, 5.74) is 2.65. The first kappa shape index (κ1) is 33.2. The molecule has 1 amide bonds. The van der Waals surface area contributed by atoms with Crippen molar-refractivity contribution in [3.05, 3.63) is 66.4 Å². The van der Waals surface area contributed by atoms with Gasteiger partial charge in [-0.1, -0.05) is 38.1 Å². The Kier molecular flexibility index (Phi) is 9.47. The highest BCUT2D eigenvalue weighted by Crippen LogP contribution is 2.45. The highest BCUT2D eigenvalue weighted by atomic mass is 19.1. The Bertz CT molecular complexity index is 1570. The molecule has 1 aliphatic carbocycles. The number of carboxylic acid groups (broad SMARTS) is 1. The van der Waals surface area contributed by atoms with Gasteiger partial charge in [0.05, 0.1) is 6.20 Å². The van der Waals surface area contributed by atoms with Crippen molar-refractivity contribution in [1.82, 2.24) is 19.8 Å². The highest BCUT2D eigenvalue weighted by molar-refractivity contribution is 5.75. The molecule has 9 heteroatoms. The fourth-order valence-electron chi connectivity index (χ4n) is 8.36. The first-order chi connectivity index (χ1) is 22.4. The summed E-state index contributed by atoms with van der Waals surface area (Å²) in [6.07, 6.45) is 8.79. The Morgan fingerprint density at radius 1 is 1.04 bits per heavy atom. The van der Waals surface area contributed by atoms with Gasteiger partial charge in [-0.25, -0.2) is 19.2 Å². The Hall–Kier alpha value is -3.72. The molecule has 1 atom stereocenters. The monoisotopic (exact) mass is 643 g/mol. The number of benzene rings is 2. The van der Waals surface area contributed by atoms with Crippen molar-refractivity contribution < 1.29 is 19.0 Å². The van der Waals surface area contributed by atoms with Crippen LogP contribution in [-0.4, -0.2) is 75.3 Å². The minimum absolute atomic E-state index is 0.109. The van der Waals surface area contributed by atoms with Gasteiger partial charge in [-0.05, 0) is 107 Å². The van der Waals surface area contributed by atoms with Gasteiger partial charge in [-0.2, -0.15) is 0 Å². The minimum Gasteiger partial charge on any atom is -0.465 e.